The maximum Gasteiger partial charge on any atom is 0.255 e. The molecule has 2 aliphatic heterocycles. The minimum atomic E-state index is -3.22. The van der Waals surface area contributed by atoms with E-state index in [2.05, 4.69) is 10.2 Å². The number of hydrogen-bond acceptors (Lipinski definition) is 6. The molecule has 138 valence electrons. The van der Waals surface area contributed by atoms with Gasteiger partial charge in [-0.25, -0.2) is 12.7 Å². The smallest absolute Gasteiger partial charge is 0.255 e. The van der Waals surface area contributed by atoms with Gasteiger partial charge in [-0.1, -0.05) is 0 Å². The van der Waals surface area contributed by atoms with Crippen molar-refractivity contribution in [1.29, 1.82) is 0 Å². The molecule has 1 atom stereocenters. The van der Waals surface area contributed by atoms with Crippen LogP contribution < -0.4 is 0 Å². The highest BCUT2D eigenvalue weighted by atomic mass is 32.2. The summed E-state index contributed by atoms with van der Waals surface area (Å²) in [7, 11) is -1.58. The number of carbonyl (C=O) groups is 1. The second-order valence-electron chi connectivity index (χ2n) is 6.99. The minimum absolute atomic E-state index is 0.0500. The van der Waals surface area contributed by atoms with Gasteiger partial charge in [0.25, 0.3) is 5.91 Å². The molecule has 3 rings (SSSR count). The average molecular weight is 368 g/mol. The van der Waals surface area contributed by atoms with Gasteiger partial charge in [0, 0.05) is 39.2 Å². The Hall–Kier alpha value is -1.58. The van der Waals surface area contributed by atoms with Gasteiger partial charge >= 0.3 is 0 Å². The number of ether oxygens (including phenoxy) is 1. The summed E-state index contributed by atoms with van der Waals surface area (Å²) in [5, 5.41) is 7.45. The number of amides is 1. The highest BCUT2D eigenvalue weighted by Gasteiger charge is 2.50. The number of piperidine rings is 1. The lowest BCUT2D eigenvalue weighted by atomic mass is 9.71. The van der Waals surface area contributed by atoms with Crippen LogP contribution in [0.15, 0.2) is 18.5 Å². The molecule has 2 saturated heterocycles. The highest BCUT2D eigenvalue weighted by molar-refractivity contribution is 7.88. The quantitative estimate of drug-likeness (QED) is 0.756. The number of carbonyl (C=O) groups excluding carboxylic acids is 1. The summed E-state index contributed by atoms with van der Waals surface area (Å²) in [4.78, 5) is 14.4. The summed E-state index contributed by atoms with van der Waals surface area (Å²) < 4.78 is 30.8. The molecule has 0 aliphatic carbocycles. The van der Waals surface area contributed by atoms with Crippen LogP contribution >= 0.6 is 0 Å². The maximum atomic E-state index is 12.6. The fraction of sp³-hybridized carbons (Fsp3) is 0.688. The van der Waals surface area contributed by atoms with E-state index < -0.39 is 10.0 Å². The lowest BCUT2D eigenvalue weighted by molar-refractivity contribution is 0.0327. The third-order valence-corrected chi connectivity index (χ3v) is 6.71. The largest absolute Gasteiger partial charge is 0.384 e. The first-order valence-electron chi connectivity index (χ1n) is 8.36. The molecule has 0 aromatic carbocycles. The van der Waals surface area contributed by atoms with E-state index in [1.54, 1.807) is 17.5 Å². The van der Waals surface area contributed by atoms with E-state index in [1.165, 1.54) is 18.6 Å². The van der Waals surface area contributed by atoms with Crippen molar-refractivity contribution < 1.29 is 17.9 Å². The van der Waals surface area contributed by atoms with Crippen LogP contribution in [0.25, 0.3) is 0 Å². The Morgan fingerprint density at radius 2 is 2.08 bits per heavy atom. The Morgan fingerprint density at radius 1 is 1.36 bits per heavy atom. The Balaban J connectivity index is 1.71. The zero-order valence-corrected chi connectivity index (χ0v) is 15.4. The summed E-state index contributed by atoms with van der Waals surface area (Å²) in [5.74, 6) is 0.109. The predicted octanol–water partition coefficient (Wildman–Crippen LogP) is 0.237. The number of hydrogen-bond donors (Lipinski definition) is 0. The Bertz CT molecular complexity index is 717. The van der Waals surface area contributed by atoms with Crippen molar-refractivity contribution in [3.05, 3.63) is 24.0 Å². The summed E-state index contributed by atoms with van der Waals surface area (Å²) >= 11 is 0. The van der Waals surface area contributed by atoms with Gasteiger partial charge in [0.1, 0.15) is 0 Å². The zero-order chi connectivity index (χ0) is 18.1. The van der Waals surface area contributed by atoms with Crippen molar-refractivity contribution >= 4 is 15.9 Å². The van der Waals surface area contributed by atoms with Crippen LogP contribution in [0, 0.1) is 11.3 Å². The zero-order valence-electron chi connectivity index (χ0n) is 14.6. The summed E-state index contributed by atoms with van der Waals surface area (Å²) in [6.07, 6.45) is 5.79. The van der Waals surface area contributed by atoms with Crippen LogP contribution in [0.3, 0.4) is 0 Å². The van der Waals surface area contributed by atoms with E-state index in [-0.39, 0.29) is 17.2 Å². The molecule has 0 saturated carbocycles. The standard InChI is InChI=1S/C16H24N4O4S/c1-24-11-14-10-20(25(2,22)23)12-16(14)4-7-19(8-5-16)15(21)13-3-6-17-18-9-13/h3,6,9,14H,4-5,7-8,10-12H2,1-2H3. The molecule has 8 nitrogen and oxygen atoms in total. The SMILES string of the molecule is COCC1CN(S(C)(=O)=O)CC12CCN(C(=O)c1ccnnc1)CC2. The van der Waals surface area contributed by atoms with Gasteiger partial charge in [-0.2, -0.15) is 10.2 Å². The molecule has 0 radical (unpaired) electrons. The summed E-state index contributed by atoms with van der Waals surface area (Å²) in [6, 6.07) is 1.66. The third kappa shape index (κ3) is 3.68. The first-order chi connectivity index (χ1) is 11.9. The van der Waals surface area contributed by atoms with Gasteiger partial charge in [-0.3, -0.25) is 4.79 Å². The maximum absolute atomic E-state index is 12.6. The number of likely N-dealkylation sites (tertiary alicyclic amines) is 1. The second kappa shape index (κ2) is 6.97. The molecule has 25 heavy (non-hydrogen) atoms. The van der Waals surface area contributed by atoms with Gasteiger partial charge in [0.05, 0.1) is 30.8 Å². The molecule has 2 fully saturated rings. The van der Waals surface area contributed by atoms with E-state index in [0.717, 1.165) is 12.8 Å². The van der Waals surface area contributed by atoms with Crippen molar-refractivity contribution in [3.8, 4) is 0 Å². The van der Waals surface area contributed by atoms with Gasteiger partial charge in [0.2, 0.25) is 10.0 Å². The molecule has 1 spiro atoms. The highest BCUT2D eigenvalue weighted by Crippen LogP contribution is 2.45. The van der Waals surface area contributed by atoms with Crippen molar-refractivity contribution in [3.63, 3.8) is 0 Å². The van der Waals surface area contributed by atoms with Gasteiger partial charge in [0.15, 0.2) is 0 Å². The topological polar surface area (TPSA) is 92.7 Å². The lowest BCUT2D eigenvalue weighted by Gasteiger charge is -2.42. The third-order valence-electron chi connectivity index (χ3n) is 5.50. The normalized spacial score (nSPS) is 23.9. The fourth-order valence-electron chi connectivity index (χ4n) is 3.99. The van der Waals surface area contributed by atoms with Crippen LogP contribution in [0.5, 0.6) is 0 Å². The van der Waals surface area contributed by atoms with Crippen LogP contribution in [0.1, 0.15) is 23.2 Å². The Morgan fingerprint density at radius 3 is 2.64 bits per heavy atom. The molecule has 3 heterocycles. The number of nitrogens with zero attached hydrogens (tertiary/aromatic N) is 4. The van der Waals surface area contributed by atoms with Crippen LogP contribution in [0.4, 0.5) is 0 Å². The summed E-state index contributed by atoms with van der Waals surface area (Å²) in [6.45, 7) is 2.76. The van der Waals surface area contributed by atoms with E-state index in [4.69, 9.17) is 4.74 Å². The van der Waals surface area contributed by atoms with Crippen LogP contribution in [-0.2, 0) is 14.8 Å². The van der Waals surface area contributed by atoms with E-state index in [0.29, 0.717) is 38.3 Å². The van der Waals surface area contributed by atoms with E-state index in [1.807, 2.05) is 4.90 Å². The van der Waals surface area contributed by atoms with Crippen molar-refractivity contribution in [2.75, 3.05) is 46.2 Å². The minimum Gasteiger partial charge on any atom is -0.384 e. The van der Waals surface area contributed by atoms with Crippen LogP contribution in [-0.4, -0.2) is 79.9 Å². The number of methoxy groups -OCH3 is 1. The van der Waals surface area contributed by atoms with E-state index >= 15 is 0 Å². The van der Waals surface area contributed by atoms with Gasteiger partial charge in [-0.05, 0) is 24.3 Å². The molecular weight excluding hydrogens is 344 g/mol. The van der Waals surface area contributed by atoms with Crippen molar-refractivity contribution in [2.24, 2.45) is 11.3 Å². The molecule has 0 N–H and O–H groups in total. The molecule has 1 aromatic rings. The number of rotatable bonds is 4. The van der Waals surface area contributed by atoms with Gasteiger partial charge < -0.3 is 9.64 Å². The van der Waals surface area contributed by atoms with E-state index in [9.17, 15) is 13.2 Å². The van der Waals surface area contributed by atoms with Gasteiger partial charge in [-0.15, -0.1) is 0 Å². The lowest BCUT2D eigenvalue weighted by Crippen LogP contribution is -2.47. The molecule has 2 aliphatic rings. The number of sulfonamides is 1. The molecular formula is C16H24N4O4S. The van der Waals surface area contributed by atoms with Crippen molar-refractivity contribution in [2.45, 2.75) is 12.8 Å². The molecule has 9 heteroatoms. The monoisotopic (exact) mass is 368 g/mol. The molecule has 0 bridgehead atoms. The second-order valence-corrected chi connectivity index (χ2v) is 8.98. The fourth-order valence-corrected chi connectivity index (χ4v) is 4.93. The number of aromatic nitrogens is 2. The molecule has 1 unspecified atom stereocenters. The Labute approximate surface area is 148 Å². The molecule has 1 aromatic heterocycles. The first-order valence-corrected chi connectivity index (χ1v) is 10.2. The average Bonchev–Trinajstić information content (AvgIpc) is 2.95. The van der Waals surface area contributed by atoms with Crippen LogP contribution in [0.2, 0.25) is 0 Å². The molecule has 1 amide bonds. The summed E-state index contributed by atoms with van der Waals surface area (Å²) in [5.41, 5.74) is 0.412. The predicted molar refractivity (Wildman–Crippen MR) is 91.4 cm³/mol. The Kier molecular flexibility index (Phi) is 5.08. The van der Waals surface area contributed by atoms with Crippen molar-refractivity contribution in [1.82, 2.24) is 19.4 Å². The first kappa shape index (κ1) is 18.2.